The van der Waals surface area contributed by atoms with Crippen LogP contribution in [-0.2, 0) is 0 Å². The van der Waals surface area contributed by atoms with Gasteiger partial charge in [-0.15, -0.1) is 0 Å². The second kappa shape index (κ2) is 7.47. The van der Waals surface area contributed by atoms with Gasteiger partial charge in [-0.25, -0.2) is 0 Å². The second-order valence-electron chi connectivity index (χ2n) is 8.20. The Balaban J connectivity index is 1.65. The van der Waals surface area contributed by atoms with Crippen LogP contribution in [-0.4, -0.2) is 33.2 Å². The third-order valence-corrected chi connectivity index (χ3v) is 6.51. The number of hydrogen-bond acceptors (Lipinski definition) is 3. The highest BCUT2D eigenvalue weighted by Crippen LogP contribution is 2.36. The molecule has 0 spiro atoms. The molecule has 2 heterocycles. The van der Waals surface area contributed by atoms with E-state index in [1.165, 1.54) is 30.4 Å². The van der Waals surface area contributed by atoms with Crippen LogP contribution >= 0.6 is 0 Å². The average Bonchev–Trinajstić information content (AvgIpc) is 2.79. The lowest BCUT2D eigenvalue weighted by Crippen LogP contribution is -2.50. The SMILES string of the molecule is O=C(c1nn(-c2ccccc2)c(=O)c2ccccc12)N1CCC[C@@H]2CCCC[C@H]21. The number of piperidine rings is 1. The van der Waals surface area contributed by atoms with Crippen molar-refractivity contribution in [1.82, 2.24) is 14.7 Å². The number of carbonyl (C=O) groups excluding carboxylic acids is 1. The Labute approximate surface area is 170 Å². The van der Waals surface area contributed by atoms with E-state index in [-0.39, 0.29) is 11.5 Å². The van der Waals surface area contributed by atoms with Crippen LogP contribution in [0.25, 0.3) is 16.5 Å². The molecule has 148 valence electrons. The van der Waals surface area contributed by atoms with Crippen LogP contribution in [0.1, 0.15) is 49.0 Å². The van der Waals surface area contributed by atoms with Gasteiger partial charge < -0.3 is 4.90 Å². The summed E-state index contributed by atoms with van der Waals surface area (Å²) in [5.41, 5.74) is 0.860. The molecule has 2 aliphatic rings. The zero-order valence-electron chi connectivity index (χ0n) is 16.5. The van der Waals surface area contributed by atoms with Gasteiger partial charge in [-0.05, 0) is 49.8 Å². The Morgan fingerprint density at radius 2 is 1.55 bits per heavy atom. The fourth-order valence-electron chi connectivity index (χ4n) is 5.10. The molecule has 5 heteroatoms. The molecular weight excluding hydrogens is 362 g/mol. The van der Waals surface area contributed by atoms with Crippen molar-refractivity contribution in [2.75, 3.05) is 6.54 Å². The molecule has 1 saturated carbocycles. The predicted molar refractivity (Wildman–Crippen MR) is 113 cm³/mol. The number of aromatic nitrogens is 2. The molecule has 5 nitrogen and oxygen atoms in total. The summed E-state index contributed by atoms with van der Waals surface area (Å²) in [6, 6.07) is 17.0. The molecule has 0 radical (unpaired) electrons. The predicted octanol–water partition coefficient (Wildman–Crippen LogP) is 4.18. The summed E-state index contributed by atoms with van der Waals surface area (Å²) < 4.78 is 1.37. The first-order chi connectivity index (χ1) is 14.2. The molecule has 29 heavy (non-hydrogen) atoms. The van der Waals surface area contributed by atoms with Crippen LogP contribution in [0.2, 0.25) is 0 Å². The van der Waals surface area contributed by atoms with E-state index in [0.29, 0.717) is 34.1 Å². The van der Waals surface area contributed by atoms with E-state index in [9.17, 15) is 9.59 Å². The number of hydrogen-bond donors (Lipinski definition) is 0. The van der Waals surface area contributed by atoms with Gasteiger partial charge in [0.15, 0.2) is 5.69 Å². The zero-order chi connectivity index (χ0) is 19.8. The van der Waals surface area contributed by atoms with Crippen molar-refractivity contribution in [2.24, 2.45) is 5.92 Å². The monoisotopic (exact) mass is 387 g/mol. The maximum atomic E-state index is 13.7. The van der Waals surface area contributed by atoms with Gasteiger partial charge in [0.05, 0.1) is 11.1 Å². The van der Waals surface area contributed by atoms with Gasteiger partial charge in [0.25, 0.3) is 11.5 Å². The van der Waals surface area contributed by atoms with Crippen LogP contribution < -0.4 is 5.56 Å². The molecule has 5 rings (SSSR count). The fraction of sp³-hybridized carbons (Fsp3) is 0.375. The second-order valence-corrected chi connectivity index (χ2v) is 8.20. The number of likely N-dealkylation sites (tertiary alicyclic amines) is 1. The van der Waals surface area contributed by atoms with Gasteiger partial charge in [-0.3, -0.25) is 9.59 Å². The lowest BCUT2D eigenvalue weighted by molar-refractivity contribution is 0.0385. The Hall–Kier alpha value is -2.95. The highest BCUT2D eigenvalue weighted by atomic mass is 16.2. The molecule has 2 aromatic carbocycles. The van der Waals surface area contributed by atoms with Crippen molar-refractivity contribution in [3.63, 3.8) is 0 Å². The molecule has 2 atom stereocenters. The van der Waals surface area contributed by atoms with Crippen LogP contribution in [0.5, 0.6) is 0 Å². The van der Waals surface area contributed by atoms with E-state index in [4.69, 9.17) is 0 Å². The van der Waals surface area contributed by atoms with E-state index in [0.717, 1.165) is 19.4 Å². The lowest BCUT2D eigenvalue weighted by Gasteiger charge is -2.44. The van der Waals surface area contributed by atoms with Gasteiger partial charge >= 0.3 is 0 Å². The summed E-state index contributed by atoms with van der Waals surface area (Å²) in [4.78, 5) is 28.8. The van der Waals surface area contributed by atoms with Crippen LogP contribution in [0.3, 0.4) is 0 Å². The summed E-state index contributed by atoms with van der Waals surface area (Å²) in [6.07, 6.45) is 7.00. The highest BCUT2D eigenvalue weighted by molar-refractivity contribution is 6.05. The van der Waals surface area contributed by atoms with Gasteiger partial charge in [-0.1, -0.05) is 49.2 Å². The molecule has 1 saturated heterocycles. The van der Waals surface area contributed by atoms with Gasteiger partial charge in [-0.2, -0.15) is 9.78 Å². The van der Waals surface area contributed by atoms with Crippen molar-refractivity contribution >= 4 is 16.7 Å². The van der Waals surface area contributed by atoms with Gasteiger partial charge in [0.1, 0.15) is 0 Å². The molecule has 0 unspecified atom stereocenters. The minimum absolute atomic E-state index is 0.0394. The maximum Gasteiger partial charge on any atom is 0.279 e. The zero-order valence-corrected chi connectivity index (χ0v) is 16.5. The summed E-state index contributed by atoms with van der Waals surface area (Å²) in [7, 11) is 0. The highest BCUT2D eigenvalue weighted by Gasteiger charge is 2.37. The Morgan fingerprint density at radius 1 is 0.862 bits per heavy atom. The molecule has 0 N–H and O–H groups in total. The number of fused-ring (bicyclic) bond motifs is 2. The van der Waals surface area contributed by atoms with Crippen LogP contribution in [0.4, 0.5) is 0 Å². The number of benzene rings is 2. The Bertz CT molecular complexity index is 1100. The Kier molecular flexibility index (Phi) is 4.66. The number of nitrogens with zero attached hydrogens (tertiary/aromatic N) is 3. The lowest BCUT2D eigenvalue weighted by atomic mass is 9.78. The van der Waals surface area contributed by atoms with Crippen molar-refractivity contribution in [3.05, 3.63) is 70.6 Å². The van der Waals surface area contributed by atoms with E-state index in [1.54, 1.807) is 6.07 Å². The molecular formula is C24H25N3O2. The van der Waals surface area contributed by atoms with Crippen LogP contribution in [0.15, 0.2) is 59.4 Å². The van der Waals surface area contributed by atoms with Crippen molar-refractivity contribution in [1.29, 1.82) is 0 Å². The normalized spacial score (nSPS) is 21.7. The summed E-state index contributed by atoms with van der Waals surface area (Å²) in [6.45, 7) is 0.778. The number of rotatable bonds is 2. The number of para-hydroxylation sites is 1. The molecule has 1 aliphatic heterocycles. The number of carbonyl (C=O) groups is 1. The standard InChI is InChI=1S/C24H25N3O2/c28-23-20-14-6-5-13-19(20)22(25-27(23)18-11-2-1-3-12-18)24(29)26-16-8-10-17-9-4-7-15-21(17)26/h1-3,5-6,11-14,17,21H,4,7-10,15-16H2/t17-,21+/m0/s1. The summed E-state index contributed by atoms with van der Waals surface area (Å²) >= 11 is 0. The first-order valence-corrected chi connectivity index (χ1v) is 10.6. The van der Waals surface area contributed by atoms with Crippen molar-refractivity contribution in [2.45, 2.75) is 44.6 Å². The quantitative estimate of drug-likeness (QED) is 0.663. The van der Waals surface area contributed by atoms with E-state index >= 15 is 0 Å². The summed E-state index contributed by atoms with van der Waals surface area (Å²) in [5, 5.41) is 5.78. The fourth-order valence-corrected chi connectivity index (χ4v) is 5.10. The topological polar surface area (TPSA) is 55.2 Å². The van der Waals surface area contributed by atoms with E-state index < -0.39 is 0 Å². The molecule has 3 aromatic rings. The summed E-state index contributed by atoms with van der Waals surface area (Å²) in [5.74, 6) is 0.565. The molecule has 1 aromatic heterocycles. The van der Waals surface area contributed by atoms with Crippen molar-refractivity contribution in [3.8, 4) is 5.69 Å². The van der Waals surface area contributed by atoms with Crippen molar-refractivity contribution < 1.29 is 4.79 Å². The minimum Gasteiger partial charge on any atom is -0.334 e. The smallest absolute Gasteiger partial charge is 0.279 e. The molecule has 1 amide bonds. The first-order valence-electron chi connectivity index (χ1n) is 10.6. The van der Waals surface area contributed by atoms with E-state index in [2.05, 4.69) is 5.10 Å². The maximum absolute atomic E-state index is 13.7. The number of amides is 1. The van der Waals surface area contributed by atoms with E-state index in [1.807, 2.05) is 53.4 Å². The third-order valence-electron chi connectivity index (χ3n) is 6.51. The largest absolute Gasteiger partial charge is 0.334 e. The first kappa shape index (κ1) is 18.1. The molecule has 0 bridgehead atoms. The van der Waals surface area contributed by atoms with Crippen LogP contribution in [0, 0.1) is 5.92 Å². The minimum atomic E-state index is -0.197. The van der Waals surface area contributed by atoms with Gasteiger partial charge in [0, 0.05) is 18.0 Å². The molecule has 2 fully saturated rings. The Morgan fingerprint density at radius 3 is 2.38 bits per heavy atom. The average molecular weight is 387 g/mol. The van der Waals surface area contributed by atoms with Gasteiger partial charge in [0.2, 0.25) is 0 Å². The molecule has 1 aliphatic carbocycles. The third kappa shape index (κ3) is 3.15.